The molecule has 2 rings (SSSR count). The highest BCUT2D eigenvalue weighted by Crippen LogP contribution is 2.16. The molecule has 4 N–H and O–H groups in total. The van der Waals surface area contributed by atoms with Gasteiger partial charge in [-0.25, -0.2) is 0 Å². The van der Waals surface area contributed by atoms with Gasteiger partial charge in [0.1, 0.15) is 0 Å². The third-order valence-corrected chi connectivity index (χ3v) is 2.50. The fraction of sp³-hybridized carbons (Fsp3) is 0. The molecule has 5 heteroatoms. The van der Waals surface area contributed by atoms with Crippen molar-refractivity contribution in [3.63, 3.8) is 0 Å². The Morgan fingerprint density at radius 1 is 1.06 bits per heavy atom. The average Bonchev–Trinajstić information content (AvgIpc) is 2.27. The topological polar surface area (TPSA) is 83.6 Å². The Bertz CT molecular complexity index is 554. The van der Waals surface area contributed by atoms with Gasteiger partial charge in [0, 0.05) is 5.56 Å². The Balaban J connectivity index is 2.82. The predicted molar refractivity (Wildman–Crippen MR) is 62.3 cm³/mol. The minimum Gasteiger partial charge on any atom is -0.423 e. The summed E-state index contributed by atoms with van der Waals surface area (Å²) in [5.74, 6) is -0.532. The van der Waals surface area contributed by atoms with Crippen LogP contribution in [-0.2, 0) is 0 Å². The summed E-state index contributed by atoms with van der Waals surface area (Å²) in [5, 5.41) is 19.6. The van der Waals surface area contributed by atoms with Crippen molar-refractivity contribution < 1.29 is 14.8 Å². The SMILES string of the molecule is NC(=O)c1ccc(B(O)O)c2ccccc12. The van der Waals surface area contributed by atoms with E-state index >= 15 is 0 Å². The van der Waals surface area contributed by atoms with Gasteiger partial charge in [0.25, 0.3) is 0 Å². The maximum atomic E-state index is 11.2. The summed E-state index contributed by atoms with van der Waals surface area (Å²) in [7, 11) is -1.56. The lowest BCUT2D eigenvalue weighted by molar-refractivity contribution is 0.100. The van der Waals surface area contributed by atoms with Crippen molar-refractivity contribution in [2.45, 2.75) is 0 Å². The second-order valence-corrected chi connectivity index (χ2v) is 3.49. The molecule has 16 heavy (non-hydrogen) atoms. The molecule has 1 amide bonds. The molecule has 0 saturated heterocycles. The summed E-state index contributed by atoms with van der Waals surface area (Å²) in [5.41, 5.74) is 5.98. The monoisotopic (exact) mass is 215 g/mol. The van der Waals surface area contributed by atoms with Crippen LogP contribution in [0.5, 0.6) is 0 Å². The van der Waals surface area contributed by atoms with E-state index in [1.807, 2.05) is 0 Å². The molecular weight excluding hydrogens is 205 g/mol. The summed E-state index contributed by atoms with van der Waals surface area (Å²) in [6, 6.07) is 9.96. The van der Waals surface area contributed by atoms with Crippen molar-refractivity contribution in [3.8, 4) is 0 Å². The fourth-order valence-electron chi connectivity index (χ4n) is 1.76. The standard InChI is InChI=1S/C11H10BNO3/c13-11(14)9-5-6-10(12(15)16)8-4-2-1-3-7(8)9/h1-6,15-16H,(H2,13,14). The van der Waals surface area contributed by atoms with E-state index in [1.54, 1.807) is 24.3 Å². The molecule has 0 aliphatic heterocycles. The van der Waals surface area contributed by atoms with E-state index in [2.05, 4.69) is 0 Å². The molecule has 0 heterocycles. The smallest absolute Gasteiger partial charge is 0.423 e. The molecular formula is C11H10BNO3. The molecule has 0 spiro atoms. The zero-order valence-corrected chi connectivity index (χ0v) is 8.42. The number of nitrogens with two attached hydrogens (primary N) is 1. The zero-order valence-electron chi connectivity index (χ0n) is 8.42. The molecule has 0 fully saturated rings. The Kier molecular flexibility index (Phi) is 2.64. The van der Waals surface area contributed by atoms with Crippen molar-refractivity contribution in [2.75, 3.05) is 0 Å². The van der Waals surface area contributed by atoms with E-state index in [0.717, 1.165) is 0 Å². The van der Waals surface area contributed by atoms with Crippen molar-refractivity contribution in [1.29, 1.82) is 0 Å². The van der Waals surface area contributed by atoms with Crippen LogP contribution < -0.4 is 11.2 Å². The molecule has 0 unspecified atom stereocenters. The third-order valence-electron chi connectivity index (χ3n) is 2.50. The number of amides is 1. The summed E-state index contributed by atoms with van der Waals surface area (Å²) >= 11 is 0. The van der Waals surface area contributed by atoms with Gasteiger partial charge in [0.15, 0.2) is 0 Å². The second kappa shape index (κ2) is 3.96. The molecule has 80 valence electrons. The van der Waals surface area contributed by atoms with Gasteiger partial charge in [-0.2, -0.15) is 0 Å². The van der Waals surface area contributed by atoms with Crippen LogP contribution in [0.3, 0.4) is 0 Å². The lowest BCUT2D eigenvalue weighted by atomic mass is 9.76. The highest BCUT2D eigenvalue weighted by atomic mass is 16.4. The summed E-state index contributed by atoms with van der Waals surface area (Å²) in [4.78, 5) is 11.2. The second-order valence-electron chi connectivity index (χ2n) is 3.49. The third kappa shape index (κ3) is 1.66. The molecule has 0 aliphatic carbocycles. The van der Waals surface area contributed by atoms with E-state index < -0.39 is 13.0 Å². The fourth-order valence-corrected chi connectivity index (χ4v) is 1.76. The first-order valence-corrected chi connectivity index (χ1v) is 4.79. The van der Waals surface area contributed by atoms with Gasteiger partial charge in [-0.15, -0.1) is 0 Å². The van der Waals surface area contributed by atoms with Gasteiger partial charge in [-0.05, 0) is 22.3 Å². The normalized spacial score (nSPS) is 10.4. The van der Waals surface area contributed by atoms with Crippen LogP contribution in [0.25, 0.3) is 10.8 Å². The molecule has 2 aromatic carbocycles. The largest absolute Gasteiger partial charge is 0.489 e. The van der Waals surface area contributed by atoms with E-state index in [0.29, 0.717) is 21.8 Å². The summed E-state index contributed by atoms with van der Waals surface area (Å²) < 4.78 is 0. The van der Waals surface area contributed by atoms with Crippen LogP contribution >= 0.6 is 0 Å². The van der Waals surface area contributed by atoms with Crippen LogP contribution in [0.1, 0.15) is 10.4 Å². The molecule has 4 nitrogen and oxygen atoms in total. The zero-order chi connectivity index (χ0) is 11.7. The molecule has 0 atom stereocenters. The Hall–Kier alpha value is -1.85. The summed E-state index contributed by atoms with van der Waals surface area (Å²) in [6.45, 7) is 0. The minimum absolute atomic E-state index is 0.362. The first kappa shape index (κ1) is 10.7. The summed E-state index contributed by atoms with van der Waals surface area (Å²) in [6.07, 6.45) is 0. The number of fused-ring (bicyclic) bond motifs is 1. The quantitative estimate of drug-likeness (QED) is 0.597. The number of primary amides is 1. The van der Waals surface area contributed by atoms with Crippen molar-refractivity contribution in [1.82, 2.24) is 0 Å². The number of carbonyl (C=O) groups excluding carboxylic acids is 1. The van der Waals surface area contributed by atoms with Crippen molar-refractivity contribution in [2.24, 2.45) is 5.73 Å². The lowest BCUT2D eigenvalue weighted by Crippen LogP contribution is -2.31. The van der Waals surface area contributed by atoms with E-state index in [9.17, 15) is 14.8 Å². The molecule has 2 aromatic rings. The van der Waals surface area contributed by atoms with Crippen LogP contribution in [0.4, 0.5) is 0 Å². The van der Waals surface area contributed by atoms with E-state index in [4.69, 9.17) is 5.73 Å². The lowest BCUT2D eigenvalue weighted by Gasteiger charge is -2.08. The van der Waals surface area contributed by atoms with Crippen LogP contribution in [-0.4, -0.2) is 23.1 Å². The van der Waals surface area contributed by atoms with Crippen molar-refractivity contribution in [3.05, 3.63) is 42.0 Å². The number of hydrogen-bond acceptors (Lipinski definition) is 3. The highest BCUT2D eigenvalue weighted by molar-refractivity contribution is 6.62. The maximum Gasteiger partial charge on any atom is 0.489 e. The van der Waals surface area contributed by atoms with Gasteiger partial charge in [-0.1, -0.05) is 30.3 Å². The molecule has 0 saturated carbocycles. The average molecular weight is 215 g/mol. The van der Waals surface area contributed by atoms with Gasteiger partial charge < -0.3 is 15.8 Å². The number of rotatable bonds is 2. The number of hydrogen-bond donors (Lipinski definition) is 3. The van der Waals surface area contributed by atoms with Crippen LogP contribution in [0.2, 0.25) is 0 Å². The first-order valence-electron chi connectivity index (χ1n) is 4.79. The first-order chi connectivity index (χ1) is 7.61. The molecule has 0 aromatic heterocycles. The van der Waals surface area contributed by atoms with Crippen LogP contribution in [0.15, 0.2) is 36.4 Å². The Labute approximate surface area is 92.5 Å². The highest BCUT2D eigenvalue weighted by Gasteiger charge is 2.17. The maximum absolute atomic E-state index is 11.2. The molecule has 0 radical (unpaired) electrons. The van der Waals surface area contributed by atoms with Gasteiger partial charge >= 0.3 is 7.12 Å². The van der Waals surface area contributed by atoms with E-state index in [1.165, 1.54) is 12.1 Å². The van der Waals surface area contributed by atoms with Crippen LogP contribution in [0, 0.1) is 0 Å². The molecule has 0 aliphatic rings. The van der Waals surface area contributed by atoms with Crippen molar-refractivity contribution >= 4 is 29.3 Å². The number of carbonyl (C=O) groups is 1. The minimum atomic E-state index is -1.56. The van der Waals surface area contributed by atoms with Gasteiger partial charge in [0.2, 0.25) is 5.91 Å². The number of benzene rings is 2. The Morgan fingerprint density at radius 2 is 1.69 bits per heavy atom. The predicted octanol–water partition coefficient (Wildman–Crippen LogP) is -0.382. The molecule has 0 bridgehead atoms. The van der Waals surface area contributed by atoms with Gasteiger partial charge in [0.05, 0.1) is 0 Å². The van der Waals surface area contributed by atoms with Gasteiger partial charge in [-0.3, -0.25) is 4.79 Å². The van der Waals surface area contributed by atoms with E-state index in [-0.39, 0.29) is 0 Å². The Morgan fingerprint density at radius 3 is 2.25 bits per heavy atom.